The van der Waals surface area contributed by atoms with Gasteiger partial charge in [-0.2, -0.15) is 0 Å². The molecule has 3 nitrogen and oxygen atoms in total. The van der Waals surface area contributed by atoms with Crippen LogP contribution in [-0.4, -0.2) is 55.1 Å². The molecular weight excluding hydrogens is 186 g/mol. The smallest absolute Gasteiger partial charge is 0.0197 e. The number of nitrogens with two attached hydrogens (primary N) is 1. The molecule has 1 fully saturated rings. The Bertz CT molecular complexity index is 182. The molecule has 15 heavy (non-hydrogen) atoms. The molecule has 0 saturated heterocycles. The summed E-state index contributed by atoms with van der Waals surface area (Å²) in [7, 11) is 4.29. The van der Waals surface area contributed by atoms with Crippen LogP contribution in [0.3, 0.4) is 0 Å². The fourth-order valence-corrected chi connectivity index (χ4v) is 2.86. The van der Waals surface area contributed by atoms with Gasteiger partial charge in [0, 0.05) is 24.7 Å². The van der Waals surface area contributed by atoms with E-state index in [2.05, 4.69) is 37.7 Å². The number of hydrogen-bond donors (Lipinski definition) is 1. The lowest BCUT2D eigenvalue weighted by atomic mass is 10.1. The fourth-order valence-electron chi connectivity index (χ4n) is 2.86. The van der Waals surface area contributed by atoms with E-state index in [4.69, 9.17) is 5.73 Å². The third-order valence-electron chi connectivity index (χ3n) is 3.48. The summed E-state index contributed by atoms with van der Waals surface area (Å²) >= 11 is 0. The highest BCUT2D eigenvalue weighted by molar-refractivity contribution is 4.87. The first-order valence-electron chi connectivity index (χ1n) is 6.20. The highest BCUT2D eigenvalue weighted by Gasteiger charge is 2.28. The number of nitrogens with zero attached hydrogens (tertiary/aromatic N) is 2. The monoisotopic (exact) mass is 213 g/mol. The van der Waals surface area contributed by atoms with Crippen LogP contribution in [0.25, 0.3) is 0 Å². The van der Waals surface area contributed by atoms with Crippen LogP contribution in [0.1, 0.15) is 33.1 Å². The predicted octanol–water partition coefficient (Wildman–Crippen LogP) is 1.14. The van der Waals surface area contributed by atoms with Crippen LogP contribution in [0, 0.1) is 0 Å². The van der Waals surface area contributed by atoms with Crippen molar-refractivity contribution in [3.8, 4) is 0 Å². The molecule has 0 aliphatic heterocycles. The van der Waals surface area contributed by atoms with Gasteiger partial charge in [-0.15, -0.1) is 0 Å². The van der Waals surface area contributed by atoms with E-state index in [9.17, 15) is 0 Å². The van der Waals surface area contributed by atoms with Crippen LogP contribution in [0.5, 0.6) is 0 Å². The van der Waals surface area contributed by atoms with E-state index in [1.54, 1.807) is 0 Å². The molecule has 1 rings (SSSR count). The number of hydrogen-bond acceptors (Lipinski definition) is 3. The molecule has 0 spiro atoms. The second kappa shape index (κ2) is 5.83. The minimum atomic E-state index is 0.440. The molecule has 0 aromatic heterocycles. The topological polar surface area (TPSA) is 32.5 Å². The van der Waals surface area contributed by atoms with Crippen LogP contribution in [-0.2, 0) is 0 Å². The second-order valence-corrected chi connectivity index (χ2v) is 5.17. The first-order valence-corrected chi connectivity index (χ1v) is 6.20. The molecular formula is C12H27N3. The highest BCUT2D eigenvalue weighted by atomic mass is 15.2. The van der Waals surface area contributed by atoms with Crippen LogP contribution in [0.4, 0.5) is 0 Å². The summed E-state index contributed by atoms with van der Waals surface area (Å²) in [5.74, 6) is 0. The van der Waals surface area contributed by atoms with Crippen molar-refractivity contribution in [2.24, 2.45) is 5.73 Å². The summed E-state index contributed by atoms with van der Waals surface area (Å²) in [6.45, 7) is 6.87. The highest BCUT2D eigenvalue weighted by Crippen LogP contribution is 2.24. The van der Waals surface area contributed by atoms with E-state index >= 15 is 0 Å². The summed E-state index contributed by atoms with van der Waals surface area (Å²) in [6.07, 6.45) is 3.67. The molecule has 0 amide bonds. The Kier molecular flexibility index (Phi) is 5.03. The minimum absolute atomic E-state index is 0.440. The minimum Gasteiger partial charge on any atom is -0.328 e. The maximum atomic E-state index is 5.98. The summed E-state index contributed by atoms with van der Waals surface area (Å²) in [5.41, 5.74) is 5.98. The predicted molar refractivity (Wildman–Crippen MR) is 66.0 cm³/mol. The maximum absolute atomic E-state index is 5.98. The molecule has 0 aromatic rings. The molecule has 0 heterocycles. The Hall–Kier alpha value is -0.120. The Morgan fingerprint density at radius 2 is 2.00 bits per heavy atom. The van der Waals surface area contributed by atoms with Gasteiger partial charge < -0.3 is 10.6 Å². The maximum Gasteiger partial charge on any atom is 0.0197 e. The van der Waals surface area contributed by atoms with Gasteiger partial charge in [-0.25, -0.2) is 0 Å². The van der Waals surface area contributed by atoms with Gasteiger partial charge in [-0.1, -0.05) is 6.92 Å². The normalized spacial score (nSPS) is 29.0. The fraction of sp³-hybridized carbons (Fsp3) is 1.00. The third kappa shape index (κ3) is 3.74. The van der Waals surface area contributed by atoms with Crippen LogP contribution in [0.2, 0.25) is 0 Å². The van der Waals surface area contributed by atoms with Crippen molar-refractivity contribution in [3.05, 3.63) is 0 Å². The van der Waals surface area contributed by atoms with E-state index in [0.717, 1.165) is 19.1 Å². The van der Waals surface area contributed by atoms with Gasteiger partial charge in [0.05, 0.1) is 0 Å². The van der Waals surface area contributed by atoms with Crippen molar-refractivity contribution in [1.29, 1.82) is 0 Å². The quantitative estimate of drug-likeness (QED) is 0.743. The summed E-state index contributed by atoms with van der Waals surface area (Å²) in [4.78, 5) is 4.88. The molecule has 3 unspecified atom stereocenters. The largest absolute Gasteiger partial charge is 0.328 e. The summed E-state index contributed by atoms with van der Waals surface area (Å²) in [5, 5.41) is 0. The SMILES string of the molecule is CCN(C(C)CN(C)C)C1CCC(N)C1. The van der Waals surface area contributed by atoms with Gasteiger partial charge >= 0.3 is 0 Å². The number of likely N-dealkylation sites (N-methyl/N-ethyl adjacent to an activating group) is 2. The molecule has 2 N–H and O–H groups in total. The van der Waals surface area contributed by atoms with Crippen LogP contribution >= 0.6 is 0 Å². The average Bonchev–Trinajstić information content (AvgIpc) is 2.51. The Balaban J connectivity index is 2.47. The van der Waals surface area contributed by atoms with Gasteiger partial charge in [0.2, 0.25) is 0 Å². The van der Waals surface area contributed by atoms with Crippen molar-refractivity contribution >= 4 is 0 Å². The van der Waals surface area contributed by atoms with E-state index in [1.165, 1.54) is 19.3 Å². The first kappa shape index (κ1) is 12.9. The lowest BCUT2D eigenvalue weighted by molar-refractivity contribution is 0.129. The van der Waals surface area contributed by atoms with Crippen molar-refractivity contribution < 1.29 is 0 Å². The van der Waals surface area contributed by atoms with E-state index < -0.39 is 0 Å². The molecule has 3 atom stereocenters. The number of rotatable bonds is 5. The molecule has 90 valence electrons. The molecule has 3 heteroatoms. The zero-order valence-electron chi connectivity index (χ0n) is 10.7. The van der Waals surface area contributed by atoms with Gasteiger partial charge in [0.15, 0.2) is 0 Å². The van der Waals surface area contributed by atoms with Gasteiger partial charge in [-0.3, -0.25) is 4.90 Å². The molecule has 0 radical (unpaired) electrons. The lowest BCUT2D eigenvalue weighted by Crippen LogP contribution is -2.45. The van der Waals surface area contributed by atoms with Crippen molar-refractivity contribution in [2.45, 2.75) is 51.2 Å². The Morgan fingerprint density at radius 1 is 1.33 bits per heavy atom. The van der Waals surface area contributed by atoms with Gasteiger partial charge in [-0.05, 0) is 46.8 Å². The Morgan fingerprint density at radius 3 is 2.40 bits per heavy atom. The molecule has 0 bridgehead atoms. The third-order valence-corrected chi connectivity index (χ3v) is 3.48. The van der Waals surface area contributed by atoms with Crippen LogP contribution < -0.4 is 5.73 Å². The van der Waals surface area contributed by atoms with Crippen molar-refractivity contribution in [2.75, 3.05) is 27.2 Å². The van der Waals surface area contributed by atoms with E-state index in [-0.39, 0.29) is 0 Å². The van der Waals surface area contributed by atoms with E-state index in [1.807, 2.05) is 0 Å². The molecule has 1 aliphatic rings. The second-order valence-electron chi connectivity index (χ2n) is 5.17. The van der Waals surface area contributed by atoms with E-state index in [0.29, 0.717) is 12.1 Å². The molecule has 1 saturated carbocycles. The van der Waals surface area contributed by atoms with Gasteiger partial charge in [0.1, 0.15) is 0 Å². The molecule has 1 aliphatic carbocycles. The van der Waals surface area contributed by atoms with Crippen molar-refractivity contribution in [1.82, 2.24) is 9.80 Å². The zero-order valence-corrected chi connectivity index (χ0v) is 10.7. The average molecular weight is 213 g/mol. The first-order chi connectivity index (χ1) is 7.04. The van der Waals surface area contributed by atoms with Gasteiger partial charge in [0.25, 0.3) is 0 Å². The zero-order chi connectivity index (χ0) is 11.4. The van der Waals surface area contributed by atoms with Crippen LogP contribution in [0.15, 0.2) is 0 Å². The lowest BCUT2D eigenvalue weighted by Gasteiger charge is -2.35. The standard InChI is InChI=1S/C12H27N3/c1-5-15(10(2)9-14(3)4)12-7-6-11(13)8-12/h10-12H,5-9,13H2,1-4H3. The Labute approximate surface area is 94.6 Å². The molecule has 0 aromatic carbocycles. The summed E-state index contributed by atoms with van der Waals surface area (Å²) < 4.78 is 0. The summed E-state index contributed by atoms with van der Waals surface area (Å²) in [6, 6.07) is 1.80. The van der Waals surface area contributed by atoms with Crippen molar-refractivity contribution in [3.63, 3.8) is 0 Å².